The van der Waals surface area contributed by atoms with Crippen LogP contribution in [-0.4, -0.2) is 6.61 Å². The van der Waals surface area contributed by atoms with E-state index in [0.29, 0.717) is 0 Å². The zero-order chi connectivity index (χ0) is 8.97. The van der Waals surface area contributed by atoms with Crippen LogP contribution in [0.2, 0.25) is 0 Å². The van der Waals surface area contributed by atoms with E-state index in [0.717, 1.165) is 13.2 Å². The summed E-state index contributed by atoms with van der Waals surface area (Å²) in [6.07, 6.45) is 0. The van der Waals surface area contributed by atoms with E-state index in [4.69, 9.17) is 4.74 Å². The summed E-state index contributed by atoms with van der Waals surface area (Å²) in [5.41, 5.74) is 3.89. The first-order chi connectivity index (χ1) is 5.72. The maximum absolute atomic E-state index is 5.33. The molecule has 0 atom stereocenters. The van der Waals surface area contributed by atoms with Crippen LogP contribution in [0, 0.1) is 13.8 Å². The lowest BCUT2D eigenvalue weighted by molar-refractivity contribution is 0.134. The predicted molar refractivity (Wildman–Crippen MR) is 51.2 cm³/mol. The van der Waals surface area contributed by atoms with Crippen molar-refractivity contribution in [3.63, 3.8) is 0 Å². The first kappa shape index (κ1) is 9.27. The summed E-state index contributed by atoms with van der Waals surface area (Å²) in [7, 11) is 0. The van der Waals surface area contributed by atoms with E-state index in [1.807, 2.05) is 6.92 Å². The molecule has 1 aromatic rings. The van der Waals surface area contributed by atoms with Crippen molar-refractivity contribution in [1.82, 2.24) is 0 Å². The SMILES string of the molecule is CCOCc1cc(C)cc(C)c1. The lowest BCUT2D eigenvalue weighted by atomic mass is 10.1. The highest BCUT2D eigenvalue weighted by Crippen LogP contribution is 2.09. The molecule has 1 heteroatoms. The third-order valence-corrected chi connectivity index (χ3v) is 1.75. The lowest BCUT2D eigenvalue weighted by Crippen LogP contribution is -1.92. The highest BCUT2D eigenvalue weighted by molar-refractivity contribution is 5.27. The third-order valence-electron chi connectivity index (χ3n) is 1.75. The monoisotopic (exact) mass is 164 g/mol. The number of aryl methyl sites for hydroxylation is 2. The standard InChI is InChI=1S/C11H16O/c1-4-12-8-11-6-9(2)5-10(3)7-11/h5-7H,4,8H2,1-3H3. The van der Waals surface area contributed by atoms with E-state index >= 15 is 0 Å². The number of benzene rings is 1. The van der Waals surface area contributed by atoms with Crippen LogP contribution < -0.4 is 0 Å². The molecule has 12 heavy (non-hydrogen) atoms. The van der Waals surface area contributed by atoms with Gasteiger partial charge < -0.3 is 4.74 Å². The lowest BCUT2D eigenvalue weighted by Gasteiger charge is -2.04. The normalized spacial score (nSPS) is 10.2. The summed E-state index contributed by atoms with van der Waals surface area (Å²) >= 11 is 0. The van der Waals surface area contributed by atoms with Gasteiger partial charge >= 0.3 is 0 Å². The van der Waals surface area contributed by atoms with Crippen molar-refractivity contribution in [2.45, 2.75) is 27.4 Å². The molecule has 1 aromatic carbocycles. The second-order valence-electron chi connectivity index (χ2n) is 3.13. The smallest absolute Gasteiger partial charge is 0.0716 e. The first-order valence-electron chi connectivity index (χ1n) is 4.37. The van der Waals surface area contributed by atoms with Crippen LogP contribution in [0.4, 0.5) is 0 Å². The average molecular weight is 164 g/mol. The van der Waals surface area contributed by atoms with E-state index in [2.05, 4.69) is 32.0 Å². The molecule has 0 aliphatic carbocycles. The van der Waals surface area contributed by atoms with Gasteiger partial charge in [-0.3, -0.25) is 0 Å². The maximum Gasteiger partial charge on any atom is 0.0716 e. The van der Waals surface area contributed by atoms with E-state index in [1.165, 1.54) is 16.7 Å². The predicted octanol–water partition coefficient (Wildman–Crippen LogP) is 2.84. The highest BCUT2D eigenvalue weighted by atomic mass is 16.5. The van der Waals surface area contributed by atoms with Gasteiger partial charge in [0, 0.05) is 6.61 Å². The van der Waals surface area contributed by atoms with Gasteiger partial charge in [-0.15, -0.1) is 0 Å². The average Bonchev–Trinajstić information content (AvgIpc) is 1.99. The van der Waals surface area contributed by atoms with Crippen molar-refractivity contribution < 1.29 is 4.74 Å². The van der Waals surface area contributed by atoms with Gasteiger partial charge in [0.25, 0.3) is 0 Å². The Labute approximate surface area is 74.4 Å². The van der Waals surface area contributed by atoms with Crippen molar-refractivity contribution in [1.29, 1.82) is 0 Å². The van der Waals surface area contributed by atoms with Gasteiger partial charge in [0.05, 0.1) is 6.61 Å². The second-order valence-corrected chi connectivity index (χ2v) is 3.13. The molecule has 66 valence electrons. The van der Waals surface area contributed by atoms with Crippen molar-refractivity contribution in [3.8, 4) is 0 Å². The first-order valence-corrected chi connectivity index (χ1v) is 4.37. The summed E-state index contributed by atoms with van der Waals surface area (Å²) in [4.78, 5) is 0. The van der Waals surface area contributed by atoms with Crippen LogP contribution >= 0.6 is 0 Å². The fraction of sp³-hybridized carbons (Fsp3) is 0.455. The van der Waals surface area contributed by atoms with E-state index in [1.54, 1.807) is 0 Å². The highest BCUT2D eigenvalue weighted by Gasteiger charge is 1.94. The van der Waals surface area contributed by atoms with Gasteiger partial charge in [-0.25, -0.2) is 0 Å². The molecule has 0 saturated carbocycles. The van der Waals surface area contributed by atoms with Crippen LogP contribution in [0.25, 0.3) is 0 Å². The molecule has 0 aliphatic heterocycles. The van der Waals surface area contributed by atoms with E-state index < -0.39 is 0 Å². The molecule has 1 rings (SSSR count). The van der Waals surface area contributed by atoms with E-state index in [9.17, 15) is 0 Å². The minimum absolute atomic E-state index is 0.735. The van der Waals surface area contributed by atoms with E-state index in [-0.39, 0.29) is 0 Å². The molecule has 0 aliphatic rings. The molecule has 0 bridgehead atoms. The van der Waals surface area contributed by atoms with Crippen LogP contribution in [0.15, 0.2) is 18.2 Å². The molecular formula is C11H16O. The van der Waals surface area contributed by atoms with Crippen molar-refractivity contribution >= 4 is 0 Å². The van der Waals surface area contributed by atoms with Gasteiger partial charge in [0.15, 0.2) is 0 Å². The molecule has 0 aromatic heterocycles. The Kier molecular flexibility index (Phi) is 3.30. The fourth-order valence-electron chi connectivity index (χ4n) is 1.37. The Morgan fingerprint density at radius 3 is 2.17 bits per heavy atom. The number of ether oxygens (including phenoxy) is 1. The molecule has 0 heterocycles. The molecule has 0 saturated heterocycles. The largest absolute Gasteiger partial charge is 0.377 e. The van der Waals surface area contributed by atoms with Crippen LogP contribution in [0.5, 0.6) is 0 Å². The second kappa shape index (κ2) is 4.27. The zero-order valence-corrected chi connectivity index (χ0v) is 8.05. The topological polar surface area (TPSA) is 9.23 Å². The molecule has 0 radical (unpaired) electrons. The van der Waals surface area contributed by atoms with Gasteiger partial charge in [-0.1, -0.05) is 29.3 Å². The summed E-state index contributed by atoms with van der Waals surface area (Å²) in [5, 5.41) is 0. The maximum atomic E-state index is 5.33. The summed E-state index contributed by atoms with van der Waals surface area (Å²) in [5.74, 6) is 0. The molecular weight excluding hydrogens is 148 g/mol. The Bertz CT molecular complexity index is 233. The van der Waals surface area contributed by atoms with Gasteiger partial charge in [0.2, 0.25) is 0 Å². The minimum atomic E-state index is 0.735. The molecule has 1 nitrogen and oxygen atoms in total. The molecule has 0 spiro atoms. The van der Waals surface area contributed by atoms with Crippen molar-refractivity contribution in [2.24, 2.45) is 0 Å². The quantitative estimate of drug-likeness (QED) is 0.667. The minimum Gasteiger partial charge on any atom is -0.377 e. The Morgan fingerprint density at radius 1 is 1.08 bits per heavy atom. The number of hydrogen-bond donors (Lipinski definition) is 0. The van der Waals surface area contributed by atoms with Crippen molar-refractivity contribution in [2.75, 3.05) is 6.61 Å². The zero-order valence-electron chi connectivity index (χ0n) is 8.05. The molecule has 0 unspecified atom stereocenters. The Balaban J connectivity index is 2.72. The van der Waals surface area contributed by atoms with Gasteiger partial charge in [-0.05, 0) is 26.3 Å². The summed E-state index contributed by atoms with van der Waals surface area (Å²) < 4.78 is 5.33. The van der Waals surface area contributed by atoms with Crippen LogP contribution in [0.3, 0.4) is 0 Å². The van der Waals surface area contributed by atoms with Gasteiger partial charge in [0.1, 0.15) is 0 Å². The summed E-state index contributed by atoms with van der Waals surface area (Å²) in [6, 6.07) is 6.51. The molecule has 0 amide bonds. The summed E-state index contributed by atoms with van der Waals surface area (Å²) in [6.45, 7) is 7.76. The van der Waals surface area contributed by atoms with Crippen LogP contribution in [0.1, 0.15) is 23.6 Å². The Hall–Kier alpha value is -0.820. The number of rotatable bonds is 3. The van der Waals surface area contributed by atoms with Crippen LogP contribution in [-0.2, 0) is 11.3 Å². The molecule has 0 N–H and O–H groups in total. The third kappa shape index (κ3) is 2.67. The van der Waals surface area contributed by atoms with Gasteiger partial charge in [-0.2, -0.15) is 0 Å². The Morgan fingerprint density at radius 2 is 1.67 bits per heavy atom. The fourth-order valence-corrected chi connectivity index (χ4v) is 1.37. The molecule has 0 fully saturated rings. The van der Waals surface area contributed by atoms with Crippen molar-refractivity contribution in [3.05, 3.63) is 34.9 Å². The number of hydrogen-bond acceptors (Lipinski definition) is 1.